The molecule has 3 nitrogen and oxygen atoms in total. The van der Waals surface area contributed by atoms with Gasteiger partial charge in [-0.25, -0.2) is 0 Å². The quantitative estimate of drug-likeness (QED) is 0.465. The summed E-state index contributed by atoms with van der Waals surface area (Å²) < 4.78 is 0. The largest absolute Gasteiger partial charge is 0.504 e. The van der Waals surface area contributed by atoms with Crippen LogP contribution in [0.15, 0.2) is 18.2 Å². The van der Waals surface area contributed by atoms with Crippen LogP contribution in [0.3, 0.4) is 0 Å². The second-order valence-electron chi connectivity index (χ2n) is 3.93. The highest BCUT2D eigenvalue weighted by molar-refractivity contribution is 5.76. The van der Waals surface area contributed by atoms with Crippen LogP contribution in [-0.4, -0.2) is 16.5 Å². The van der Waals surface area contributed by atoms with Gasteiger partial charge in [0.15, 0.2) is 11.5 Å². The number of aldehydes is 1. The van der Waals surface area contributed by atoms with Crippen molar-refractivity contribution in [3.63, 3.8) is 0 Å². The highest BCUT2D eigenvalue weighted by atomic mass is 16.3. The Morgan fingerprint density at radius 3 is 2.00 bits per heavy atom. The number of unbranched alkanes of at least 4 members (excludes halogenated alkanes) is 4. The Kier molecular flexibility index (Phi) is 8.84. The van der Waals surface area contributed by atoms with E-state index in [-0.39, 0.29) is 11.5 Å². The van der Waals surface area contributed by atoms with E-state index in [9.17, 15) is 4.79 Å². The highest BCUT2D eigenvalue weighted by Crippen LogP contribution is 2.23. The van der Waals surface area contributed by atoms with Gasteiger partial charge in [0.2, 0.25) is 0 Å². The zero-order valence-corrected chi connectivity index (χ0v) is 10.6. The molecule has 1 aromatic carbocycles. The van der Waals surface area contributed by atoms with Crippen molar-refractivity contribution >= 4 is 6.29 Å². The van der Waals surface area contributed by atoms with Gasteiger partial charge in [-0.05, 0) is 18.2 Å². The molecule has 0 aliphatic rings. The van der Waals surface area contributed by atoms with Crippen LogP contribution in [-0.2, 0) is 0 Å². The summed E-state index contributed by atoms with van der Waals surface area (Å²) in [6.45, 7) is 4.49. The van der Waals surface area contributed by atoms with Crippen molar-refractivity contribution in [2.45, 2.75) is 46.0 Å². The summed E-state index contributed by atoms with van der Waals surface area (Å²) in [4.78, 5) is 10.1. The molecule has 0 unspecified atom stereocenters. The molecule has 0 atom stereocenters. The summed E-state index contributed by atoms with van der Waals surface area (Å²) in [5.41, 5.74) is 0.343. The summed E-state index contributed by atoms with van der Waals surface area (Å²) in [5, 5.41) is 17.6. The summed E-state index contributed by atoms with van der Waals surface area (Å²) in [6, 6.07) is 3.88. The molecule has 0 saturated carbocycles. The maximum absolute atomic E-state index is 10.1. The van der Waals surface area contributed by atoms with E-state index in [1.54, 1.807) is 0 Å². The van der Waals surface area contributed by atoms with Crippen LogP contribution in [0, 0.1) is 0 Å². The molecular weight excluding hydrogens is 216 g/mol. The molecule has 1 aromatic rings. The van der Waals surface area contributed by atoms with Gasteiger partial charge in [0, 0.05) is 5.56 Å². The average molecular weight is 238 g/mol. The SMILES string of the molecule is CCCCCCC.O=Cc1ccc(O)c(O)c1. The molecule has 0 aliphatic carbocycles. The third-order valence-electron chi connectivity index (χ3n) is 2.34. The van der Waals surface area contributed by atoms with Crippen LogP contribution < -0.4 is 0 Å². The minimum atomic E-state index is -0.274. The Morgan fingerprint density at radius 1 is 1.00 bits per heavy atom. The van der Waals surface area contributed by atoms with Crippen molar-refractivity contribution in [2.75, 3.05) is 0 Å². The zero-order chi connectivity index (χ0) is 13.1. The van der Waals surface area contributed by atoms with Gasteiger partial charge in [-0.15, -0.1) is 0 Å². The average Bonchev–Trinajstić information content (AvgIpc) is 2.34. The van der Waals surface area contributed by atoms with E-state index in [0.29, 0.717) is 11.8 Å². The van der Waals surface area contributed by atoms with Gasteiger partial charge in [0.1, 0.15) is 6.29 Å². The third kappa shape index (κ3) is 7.39. The molecule has 0 fully saturated rings. The lowest BCUT2D eigenvalue weighted by atomic mass is 10.2. The first-order chi connectivity index (χ1) is 8.15. The summed E-state index contributed by atoms with van der Waals surface area (Å²) in [5.74, 6) is -0.491. The first-order valence-corrected chi connectivity index (χ1v) is 6.12. The fourth-order valence-electron chi connectivity index (χ4n) is 1.29. The molecule has 1 rings (SSSR count). The van der Waals surface area contributed by atoms with Gasteiger partial charge in [-0.1, -0.05) is 46.0 Å². The number of hydrogen-bond acceptors (Lipinski definition) is 3. The normalized spacial score (nSPS) is 9.29. The minimum absolute atomic E-state index is 0.217. The molecular formula is C14H22O3. The van der Waals surface area contributed by atoms with E-state index >= 15 is 0 Å². The van der Waals surface area contributed by atoms with E-state index in [2.05, 4.69) is 13.8 Å². The van der Waals surface area contributed by atoms with Gasteiger partial charge in [0.25, 0.3) is 0 Å². The lowest BCUT2D eigenvalue weighted by Gasteiger charge is -1.95. The second-order valence-corrected chi connectivity index (χ2v) is 3.93. The number of phenolic OH excluding ortho intramolecular Hbond substituents is 2. The fourth-order valence-corrected chi connectivity index (χ4v) is 1.29. The Morgan fingerprint density at radius 2 is 1.59 bits per heavy atom. The lowest BCUT2D eigenvalue weighted by molar-refractivity contribution is 0.112. The zero-order valence-electron chi connectivity index (χ0n) is 10.6. The molecule has 0 radical (unpaired) electrons. The minimum Gasteiger partial charge on any atom is -0.504 e. The molecule has 0 spiro atoms. The smallest absolute Gasteiger partial charge is 0.158 e. The Labute approximate surface area is 103 Å². The topological polar surface area (TPSA) is 57.5 Å². The highest BCUT2D eigenvalue weighted by Gasteiger charge is 1.97. The van der Waals surface area contributed by atoms with Gasteiger partial charge < -0.3 is 10.2 Å². The Balaban J connectivity index is 0.000000325. The maximum atomic E-state index is 10.1. The first-order valence-electron chi connectivity index (χ1n) is 6.12. The molecule has 0 aromatic heterocycles. The fraction of sp³-hybridized carbons (Fsp3) is 0.500. The number of phenols is 2. The maximum Gasteiger partial charge on any atom is 0.158 e. The van der Waals surface area contributed by atoms with Crippen molar-refractivity contribution in [2.24, 2.45) is 0 Å². The van der Waals surface area contributed by atoms with Crippen LogP contribution in [0.5, 0.6) is 11.5 Å². The van der Waals surface area contributed by atoms with Crippen molar-refractivity contribution in [3.8, 4) is 11.5 Å². The van der Waals surface area contributed by atoms with Gasteiger partial charge >= 0.3 is 0 Å². The number of carbonyl (C=O) groups is 1. The van der Waals surface area contributed by atoms with E-state index in [1.807, 2.05) is 0 Å². The Hall–Kier alpha value is -1.51. The molecule has 0 heterocycles. The molecule has 0 bridgehead atoms. The predicted molar refractivity (Wildman–Crippen MR) is 69.6 cm³/mol. The van der Waals surface area contributed by atoms with Crippen molar-refractivity contribution in [1.82, 2.24) is 0 Å². The van der Waals surface area contributed by atoms with Crippen molar-refractivity contribution < 1.29 is 15.0 Å². The predicted octanol–water partition coefficient (Wildman–Crippen LogP) is 3.89. The number of carbonyl (C=O) groups excluding carboxylic acids is 1. The monoisotopic (exact) mass is 238 g/mol. The van der Waals surface area contributed by atoms with E-state index in [4.69, 9.17) is 10.2 Å². The molecule has 0 amide bonds. The molecule has 0 aliphatic heterocycles. The summed E-state index contributed by atoms with van der Waals surface area (Å²) >= 11 is 0. The summed E-state index contributed by atoms with van der Waals surface area (Å²) in [6.07, 6.45) is 7.60. The lowest BCUT2D eigenvalue weighted by Crippen LogP contribution is -1.77. The van der Waals surface area contributed by atoms with Crippen LogP contribution in [0.25, 0.3) is 0 Å². The summed E-state index contributed by atoms with van der Waals surface area (Å²) in [7, 11) is 0. The molecule has 17 heavy (non-hydrogen) atoms. The van der Waals surface area contributed by atoms with Gasteiger partial charge in [-0.3, -0.25) is 4.79 Å². The molecule has 2 N–H and O–H groups in total. The van der Waals surface area contributed by atoms with E-state index in [0.717, 1.165) is 0 Å². The van der Waals surface area contributed by atoms with Crippen molar-refractivity contribution in [3.05, 3.63) is 23.8 Å². The van der Waals surface area contributed by atoms with Crippen LogP contribution >= 0.6 is 0 Å². The number of hydrogen-bond donors (Lipinski definition) is 2. The standard InChI is InChI=1S/C7H6O3.C7H16/c8-4-5-1-2-6(9)7(10)3-5;1-3-5-7-6-4-2/h1-4,9-10H;3-7H2,1-2H3. The van der Waals surface area contributed by atoms with Crippen LogP contribution in [0.2, 0.25) is 0 Å². The van der Waals surface area contributed by atoms with Crippen LogP contribution in [0.4, 0.5) is 0 Å². The number of rotatable bonds is 5. The van der Waals surface area contributed by atoms with Crippen LogP contribution in [0.1, 0.15) is 56.3 Å². The molecule has 96 valence electrons. The van der Waals surface area contributed by atoms with Gasteiger partial charge in [0.05, 0.1) is 0 Å². The Bertz CT molecular complexity index is 317. The number of benzene rings is 1. The van der Waals surface area contributed by atoms with E-state index < -0.39 is 0 Å². The molecule has 3 heteroatoms. The second kappa shape index (κ2) is 9.70. The third-order valence-corrected chi connectivity index (χ3v) is 2.34. The van der Waals surface area contributed by atoms with Crippen molar-refractivity contribution in [1.29, 1.82) is 0 Å². The van der Waals surface area contributed by atoms with Gasteiger partial charge in [-0.2, -0.15) is 0 Å². The van der Waals surface area contributed by atoms with E-state index in [1.165, 1.54) is 50.3 Å². The molecule has 0 saturated heterocycles. The first kappa shape index (κ1) is 15.5. The number of aromatic hydroxyl groups is 2.